The van der Waals surface area contributed by atoms with Gasteiger partial charge in [0.25, 0.3) is 0 Å². The van der Waals surface area contributed by atoms with Gasteiger partial charge in [-0.1, -0.05) is 5.92 Å². The summed E-state index contributed by atoms with van der Waals surface area (Å²) in [4.78, 5) is 3.87. The highest BCUT2D eigenvalue weighted by Crippen LogP contribution is 1.83. The highest BCUT2D eigenvalue weighted by molar-refractivity contribution is 14.1. The summed E-state index contributed by atoms with van der Waals surface area (Å²) >= 11 is 2.02. The fourth-order valence-corrected chi connectivity index (χ4v) is 0.672. The van der Waals surface area contributed by atoms with E-state index in [1.165, 1.54) is 0 Å². The fourth-order valence-electron chi connectivity index (χ4n) is 0.501. The maximum atomic E-state index is 3.87. The minimum Gasteiger partial charge on any atom is -0.326 e. The Hall–Kier alpha value is -0.500. The molecule has 46 valence electrons. The summed E-state index contributed by atoms with van der Waals surface area (Å²) in [5, 5.41) is 0. The monoisotopic (exact) mass is 232 g/mol. The normalized spacial score (nSPS) is 8.11. The molecule has 0 saturated heterocycles. The topological polar surface area (TPSA) is 17.8 Å². The van der Waals surface area contributed by atoms with E-state index < -0.39 is 0 Å². The van der Waals surface area contributed by atoms with E-state index in [9.17, 15) is 0 Å². The minimum atomic E-state index is 0.739. The number of hydrogen-bond donors (Lipinski definition) is 0. The van der Waals surface area contributed by atoms with Crippen LogP contribution in [-0.4, -0.2) is 9.55 Å². The summed E-state index contributed by atoms with van der Waals surface area (Å²) in [6.45, 7) is 0.739. The first-order chi connectivity index (χ1) is 4.43. The molecule has 0 amide bonds. The number of rotatable bonds is 1. The predicted octanol–water partition coefficient (Wildman–Crippen LogP) is 1.28. The van der Waals surface area contributed by atoms with E-state index in [0.717, 1.165) is 6.54 Å². The first kappa shape index (κ1) is 6.62. The molecule has 3 heteroatoms. The van der Waals surface area contributed by atoms with Gasteiger partial charge in [-0.3, -0.25) is 0 Å². The molecule has 0 N–H and O–H groups in total. The van der Waals surface area contributed by atoms with Crippen LogP contribution in [0.5, 0.6) is 0 Å². The van der Waals surface area contributed by atoms with Gasteiger partial charge >= 0.3 is 0 Å². The van der Waals surface area contributed by atoms with Gasteiger partial charge in [0, 0.05) is 35.0 Å². The van der Waals surface area contributed by atoms with Crippen molar-refractivity contribution in [1.82, 2.24) is 9.55 Å². The van der Waals surface area contributed by atoms with E-state index in [0.29, 0.717) is 0 Å². The number of nitrogens with zero attached hydrogens (tertiary/aromatic N) is 2. The fraction of sp³-hybridized carbons (Fsp3) is 0.167. The molecule has 1 rings (SSSR count). The molecule has 1 heterocycles. The van der Waals surface area contributed by atoms with Gasteiger partial charge in [-0.2, -0.15) is 0 Å². The Morgan fingerprint density at radius 2 is 2.56 bits per heavy atom. The number of aromatic nitrogens is 2. The molecule has 0 aromatic carbocycles. The van der Waals surface area contributed by atoms with Crippen LogP contribution in [-0.2, 0) is 6.54 Å². The van der Waals surface area contributed by atoms with E-state index in [1.54, 1.807) is 12.5 Å². The molecule has 0 fully saturated rings. The Kier molecular flexibility index (Phi) is 2.58. The summed E-state index contributed by atoms with van der Waals surface area (Å²) in [7, 11) is 0. The molecule has 1 aromatic heterocycles. The van der Waals surface area contributed by atoms with E-state index >= 15 is 0 Å². The molecule has 0 aliphatic rings. The molecular weight excluding hydrogens is 227 g/mol. The van der Waals surface area contributed by atoms with Crippen molar-refractivity contribution in [2.45, 2.75) is 6.54 Å². The highest BCUT2D eigenvalue weighted by Gasteiger charge is 1.80. The summed E-state index contributed by atoms with van der Waals surface area (Å²) in [5.74, 6) is 2.91. The van der Waals surface area contributed by atoms with Gasteiger partial charge in [0.1, 0.15) is 0 Å². The van der Waals surface area contributed by atoms with Crippen LogP contribution in [0, 0.1) is 9.85 Å². The Morgan fingerprint density at radius 3 is 3.11 bits per heavy atom. The SMILES string of the molecule is IC#CCn1ccnc1. The van der Waals surface area contributed by atoms with Crippen molar-refractivity contribution in [3.63, 3.8) is 0 Å². The van der Waals surface area contributed by atoms with Gasteiger partial charge in [-0.15, -0.1) is 0 Å². The van der Waals surface area contributed by atoms with E-state index in [2.05, 4.69) is 14.8 Å². The van der Waals surface area contributed by atoms with Crippen molar-refractivity contribution in [3.05, 3.63) is 18.7 Å². The molecule has 0 saturated carbocycles. The van der Waals surface area contributed by atoms with Gasteiger partial charge in [-0.25, -0.2) is 4.98 Å². The van der Waals surface area contributed by atoms with Crippen LogP contribution in [0.15, 0.2) is 18.7 Å². The third-order valence-corrected chi connectivity index (χ3v) is 1.27. The summed E-state index contributed by atoms with van der Waals surface area (Å²) in [6, 6.07) is 0. The lowest BCUT2D eigenvalue weighted by Crippen LogP contribution is -1.88. The van der Waals surface area contributed by atoms with Crippen molar-refractivity contribution < 1.29 is 0 Å². The van der Waals surface area contributed by atoms with Crippen LogP contribution < -0.4 is 0 Å². The molecule has 2 nitrogen and oxygen atoms in total. The van der Waals surface area contributed by atoms with Gasteiger partial charge in [-0.05, 0) is 3.93 Å². The zero-order valence-electron chi connectivity index (χ0n) is 4.71. The average molecular weight is 232 g/mol. The lowest BCUT2D eigenvalue weighted by Gasteiger charge is -1.88. The number of imidazole rings is 1. The first-order valence-electron chi connectivity index (χ1n) is 2.47. The third-order valence-electron chi connectivity index (χ3n) is 0.888. The van der Waals surface area contributed by atoms with Crippen LogP contribution >= 0.6 is 22.6 Å². The van der Waals surface area contributed by atoms with Crippen molar-refractivity contribution in [3.8, 4) is 9.85 Å². The number of halogens is 1. The van der Waals surface area contributed by atoms with Crippen LogP contribution in [0.3, 0.4) is 0 Å². The maximum Gasteiger partial charge on any atom is 0.0954 e. The van der Waals surface area contributed by atoms with E-state index in [1.807, 2.05) is 33.4 Å². The molecule has 0 bridgehead atoms. The standard InChI is InChI=1S/C6H5IN2/c7-2-1-4-9-5-3-8-6-9/h3,5-6H,4H2. The summed E-state index contributed by atoms with van der Waals surface area (Å²) < 4.78 is 4.70. The van der Waals surface area contributed by atoms with E-state index in [-0.39, 0.29) is 0 Å². The molecule has 9 heavy (non-hydrogen) atoms. The lowest BCUT2D eigenvalue weighted by molar-refractivity contribution is 0.840. The van der Waals surface area contributed by atoms with Crippen LogP contribution in [0.2, 0.25) is 0 Å². The molecule has 0 aliphatic heterocycles. The van der Waals surface area contributed by atoms with Gasteiger partial charge < -0.3 is 4.57 Å². The Bertz CT molecular complexity index is 217. The summed E-state index contributed by atoms with van der Waals surface area (Å²) in [5.41, 5.74) is 0. The number of hydrogen-bond acceptors (Lipinski definition) is 1. The van der Waals surface area contributed by atoms with Gasteiger partial charge in [0.15, 0.2) is 0 Å². The van der Waals surface area contributed by atoms with Gasteiger partial charge in [0.2, 0.25) is 0 Å². The second kappa shape index (κ2) is 3.51. The predicted molar refractivity (Wildman–Crippen MR) is 44.0 cm³/mol. The molecule has 1 aromatic rings. The first-order valence-corrected chi connectivity index (χ1v) is 3.55. The Balaban J connectivity index is 2.54. The molecule has 0 spiro atoms. The van der Waals surface area contributed by atoms with Crippen molar-refractivity contribution in [1.29, 1.82) is 0 Å². The second-order valence-corrected chi connectivity index (χ2v) is 2.05. The van der Waals surface area contributed by atoms with Crippen molar-refractivity contribution in [2.24, 2.45) is 0 Å². The smallest absolute Gasteiger partial charge is 0.0954 e. The third kappa shape index (κ3) is 2.06. The van der Waals surface area contributed by atoms with Crippen molar-refractivity contribution >= 4 is 22.6 Å². The Morgan fingerprint density at radius 1 is 1.67 bits per heavy atom. The highest BCUT2D eigenvalue weighted by atomic mass is 127. The second-order valence-electron chi connectivity index (χ2n) is 1.51. The van der Waals surface area contributed by atoms with Crippen LogP contribution in [0.25, 0.3) is 0 Å². The molecule has 0 unspecified atom stereocenters. The lowest BCUT2D eigenvalue weighted by atomic mass is 10.6. The van der Waals surface area contributed by atoms with E-state index in [4.69, 9.17) is 0 Å². The minimum absolute atomic E-state index is 0.739. The molecular formula is C6H5IN2. The molecule has 0 radical (unpaired) electrons. The van der Waals surface area contributed by atoms with Crippen LogP contribution in [0.1, 0.15) is 0 Å². The maximum absolute atomic E-state index is 3.87. The quantitative estimate of drug-likeness (QED) is 0.526. The molecule has 0 aliphatic carbocycles. The zero-order chi connectivity index (χ0) is 6.53. The van der Waals surface area contributed by atoms with Crippen molar-refractivity contribution in [2.75, 3.05) is 0 Å². The average Bonchev–Trinajstić information content (AvgIpc) is 2.34. The van der Waals surface area contributed by atoms with Gasteiger partial charge in [0.05, 0.1) is 12.9 Å². The molecule has 0 atom stereocenters. The Labute approximate surface area is 67.4 Å². The largest absolute Gasteiger partial charge is 0.326 e. The zero-order valence-corrected chi connectivity index (χ0v) is 6.87. The van der Waals surface area contributed by atoms with Crippen LogP contribution in [0.4, 0.5) is 0 Å². The summed E-state index contributed by atoms with van der Waals surface area (Å²) in [6.07, 6.45) is 5.39.